The lowest BCUT2D eigenvalue weighted by atomic mass is 10.2. The highest BCUT2D eigenvalue weighted by Crippen LogP contribution is 2.24. The molecule has 1 heterocycles. The number of rotatable bonds is 8. The van der Waals surface area contributed by atoms with Crippen molar-refractivity contribution in [3.05, 3.63) is 60.2 Å². The normalized spacial score (nSPS) is 10.7. The van der Waals surface area contributed by atoms with Crippen LogP contribution >= 0.6 is 11.8 Å². The Morgan fingerprint density at radius 1 is 1.07 bits per heavy atom. The van der Waals surface area contributed by atoms with Crippen LogP contribution in [0.2, 0.25) is 0 Å². The van der Waals surface area contributed by atoms with Crippen LogP contribution in [0.25, 0.3) is 11.0 Å². The quantitative estimate of drug-likeness (QED) is 0.453. The average Bonchev–Trinajstić information content (AvgIpc) is 3.09. The number of nitrogens with one attached hydrogen (secondary N) is 1. The molecule has 0 fully saturated rings. The van der Waals surface area contributed by atoms with Crippen molar-refractivity contribution in [2.24, 2.45) is 0 Å². The van der Waals surface area contributed by atoms with Crippen molar-refractivity contribution < 1.29 is 19.1 Å². The Balaban J connectivity index is 1.50. The van der Waals surface area contributed by atoms with E-state index in [4.69, 9.17) is 4.74 Å². The van der Waals surface area contributed by atoms with Crippen LogP contribution in [0.15, 0.2) is 59.8 Å². The first kappa shape index (κ1) is 20.6. The number of hydrogen-bond acceptors (Lipinski definition) is 6. The molecule has 0 bridgehead atoms. The minimum Gasteiger partial charge on any atom is -0.455 e. The number of aromatic nitrogens is 2. The predicted octanol–water partition coefficient (Wildman–Crippen LogP) is 3.04. The number of thioether (sulfide) groups is 1. The second-order valence-corrected chi connectivity index (χ2v) is 7.17. The number of carbonyl (C=O) groups excluding carboxylic acids is 3. The molecule has 0 radical (unpaired) electrons. The molecule has 1 aromatic heterocycles. The fourth-order valence-corrected chi connectivity index (χ4v) is 3.58. The second-order valence-electron chi connectivity index (χ2n) is 6.23. The van der Waals surface area contributed by atoms with Gasteiger partial charge >= 0.3 is 5.97 Å². The van der Waals surface area contributed by atoms with Gasteiger partial charge in [-0.05, 0) is 30.7 Å². The van der Waals surface area contributed by atoms with Crippen LogP contribution in [0.5, 0.6) is 0 Å². The van der Waals surface area contributed by atoms with Crippen LogP contribution in [0.4, 0.5) is 0 Å². The van der Waals surface area contributed by atoms with Crippen LogP contribution in [0.3, 0.4) is 0 Å². The largest absolute Gasteiger partial charge is 0.455 e. The lowest BCUT2D eigenvalue weighted by molar-refractivity contribution is -0.145. The molecule has 0 aliphatic heterocycles. The zero-order chi connectivity index (χ0) is 20.6. The fraction of sp³-hybridized carbons (Fsp3) is 0.238. The highest BCUT2D eigenvalue weighted by atomic mass is 32.2. The second kappa shape index (κ2) is 9.88. The number of benzene rings is 2. The summed E-state index contributed by atoms with van der Waals surface area (Å²) < 4.78 is 7.04. The number of amides is 2. The number of ether oxygens (including phenoxy) is 1. The van der Waals surface area contributed by atoms with E-state index in [1.54, 1.807) is 30.3 Å². The maximum atomic E-state index is 12.0. The number of imide groups is 1. The van der Waals surface area contributed by atoms with Crippen molar-refractivity contribution in [3.63, 3.8) is 0 Å². The van der Waals surface area contributed by atoms with Gasteiger partial charge in [-0.3, -0.25) is 19.7 Å². The highest BCUT2D eigenvalue weighted by Gasteiger charge is 2.15. The molecule has 2 amide bonds. The van der Waals surface area contributed by atoms with Crippen molar-refractivity contribution in [2.75, 3.05) is 12.4 Å². The molecular weight excluding hydrogens is 390 g/mol. The molecule has 150 valence electrons. The van der Waals surface area contributed by atoms with Gasteiger partial charge in [-0.1, -0.05) is 49.0 Å². The molecule has 3 rings (SSSR count). The summed E-state index contributed by atoms with van der Waals surface area (Å²) in [4.78, 5) is 40.3. The first-order valence-corrected chi connectivity index (χ1v) is 10.2. The third-order valence-electron chi connectivity index (χ3n) is 4.04. The van der Waals surface area contributed by atoms with E-state index >= 15 is 0 Å². The fourth-order valence-electron chi connectivity index (χ4n) is 2.74. The van der Waals surface area contributed by atoms with Gasteiger partial charge in [0.15, 0.2) is 11.8 Å². The number of fused-ring (bicyclic) bond motifs is 1. The van der Waals surface area contributed by atoms with Crippen molar-refractivity contribution in [2.45, 2.75) is 25.0 Å². The van der Waals surface area contributed by atoms with Gasteiger partial charge < -0.3 is 9.30 Å². The summed E-state index contributed by atoms with van der Waals surface area (Å²) in [5.41, 5.74) is 2.25. The molecule has 29 heavy (non-hydrogen) atoms. The SMILES string of the molecule is CCCn1c(SCC(=O)OCC(=O)NC(=O)c2ccccc2)nc2ccccc21. The van der Waals surface area contributed by atoms with Crippen molar-refractivity contribution in [1.29, 1.82) is 0 Å². The summed E-state index contributed by atoms with van der Waals surface area (Å²) in [5.74, 6) is -1.73. The molecule has 8 heteroatoms. The molecule has 7 nitrogen and oxygen atoms in total. The van der Waals surface area contributed by atoms with Gasteiger partial charge in [0.05, 0.1) is 16.8 Å². The Kier molecular flexibility index (Phi) is 7.02. The predicted molar refractivity (Wildman–Crippen MR) is 111 cm³/mol. The van der Waals surface area contributed by atoms with E-state index < -0.39 is 24.4 Å². The van der Waals surface area contributed by atoms with Gasteiger partial charge in [-0.2, -0.15) is 0 Å². The summed E-state index contributed by atoms with van der Waals surface area (Å²) >= 11 is 1.26. The minimum atomic E-state index is -0.671. The molecule has 0 aliphatic rings. The first-order valence-electron chi connectivity index (χ1n) is 9.21. The minimum absolute atomic E-state index is 0.0208. The lowest BCUT2D eigenvalue weighted by Gasteiger charge is -2.08. The maximum absolute atomic E-state index is 12.0. The Morgan fingerprint density at radius 3 is 2.55 bits per heavy atom. The van der Waals surface area contributed by atoms with Crippen LogP contribution < -0.4 is 5.32 Å². The molecule has 1 N–H and O–H groups in total. The van der Waals surface area contributed by atoms with Gasteiger partial charge in [0.25, 0.3) is 11.8 Å². The van der Waals surface area contributed by atoms with Crippen LogP contribution in [-0.2, 0) is 20.9 Å². The van der Waals surface area contributed by atoms with E-state index in [1.807, 2.05) is 24.3 Å². The van der Waals surface area contributed by atoms with Gasteiger partial charge in [0.1, 0.15) is 0 Å². The van der Waals surface area contributed by atoms with Crippen molar-refractivity contribution >= 4 is 40.6 Å². The first-order chi connectivity index (χ1) is 14.1. The van der Waals surface area contributed by atoms with Crippen molar-refractivity contribution in [1.82, 2.24) is 14.9 Å². The standard InChI is InChI=1S/C21H21N3O4S/c1-2-12-24-17-11-7-6-10-16(17)22-21(24)29-14-19(26)28-13-18(25)23-20(27)15-8-4-3-5-9-15/h3-11H,2,12-14H2,1H3,(H,23,25,27). The van der Waals surface area contributed by atoms with E-state index in [1.165, 1.54) is 11.8 Å². The number of nitrogens with zero attached hydrogens (tertiary/aromatic N) is 2. The molecule has 0 atom stereocenters. The van der Waals surface area contributed by atoms with Crippen molar-refractivity contribution in [3.8, 4) is 0 Å². The average molecular weight is 411 g/mol. The van der Waals surface area contributed by atoms with Crippen LogP contribution in [0.1, 0.15) is 23.7 Å². The molecule has 2 aromatic carbocycles. The molecule has 0 spiro atoms. The number of carbonyl (C=O) groups is 3. The van der Waals surface area contributed by atoms with Crippen LogP contribution in [-0.4, -0.2) is 39.7 Å². The van der Waals surface area contributed by atoms with Gasteiger partial charge in [-0.15, -0.1) is 0 Å². The summed E-state index contributed by atoms with van der Waals surface area (Å²) in [6, 6.07) is 16.1. The summed E-state index contributed by atoms with van der Waals surface area (Å²) in [6.07, 6.45) is 0.938. The molecule has 0 unspecified atom stereocenters. The van der Waals surface area contributed by atoms with E-state index in [2.05, 4.69) is 21.8 Å². The Morgan fingerprint density at radius 2 is 1.79 bits per heavy atom. The van der Waals surface area contributed by atoms with E-state index in [0.717, 1.165) is 29.2 Å². The van der Waals surface area contributed by atoms with E-state index in [9.17, 15) is 14.4 Å². The Hall–Kier alpha value is -3.13. The van der Waals surface area contributed by atoms with Gasteiger partial charge in [0, 0.05) is 12.1 Å². The smallest absolute Gasteiger partial charge is 0.316 e. The van der Waals surface area contributed by atoms with Gasteiger partial charge in [-0.25, -0.2) is 4.98 Å². The maximum Gasteiger partial charge on any atom is 0.316 e. The topological polar surface area (TPSA) is 90.3 Å². The number of imidazole rings is 1. The zero-order valence-corrected chi connectivity index (χ0v) is 16.8. The lowest BCUT2D eigenvalue weighted by Crippen LogP contribution is -2.34. The third kappa shape index (κ3) is 5.45. The third-order valence-corrected chi connectivity index (χ3v) is 4.99. The number of para-hydroxylation sites is 2. The Bertz CT molecular complexity index is 1020. The van der Waals surface area contributed by atoms with E-state index in [0.29, 0.717) is 5.56 Å². The highest BCUT2D eigenvalue weighted by molar-refractivity contribution is 7.99. The number of hydrogen-bond donors (Lipinski definition) is 1. The summed E-state index contributed by atoms with van der Waals surface area (Å²) in [5, 5.41) is 2.92. The van der Waals surface area contributed by atoms with E-state index in [-0.39, 0.29) is 5.75 Å². The zero-order valence-electron chi connectivity index (χ0n) is 16.0. The molecular formula is C21H21N3O4S. The van der Waals surface area contributed by atoms with Crippen LogP contribution in [0, 0.1) is 0 Å². The number of aryl methyl sites for hydroxylation is 1. The van der Waals surface area contributed by atoms with Gasteiger partial charge in [0.2, 0.25) is 0 Å². The molecule has 0 saturated heterocycles. The number of esters is 1. The monoisotopic (exact) mass is 411 g/mol. The Labute approximate surface area is 172 Å². The molecule has 3 aromatic rings. The summed E-state index contributed by atoms with van der Waals surface area (Å²) in [6.45, 7) is 2.36. The molecule has 0 aliphatic carbocycles. The molecule has 0 saturated carbocycles. The summed E-state index contributed by atoms with van der Waals surface area (Å²) in [7, 11) is 0.